The Balaban J connectivity index is 1.77. The molecule has 0 saturated heterocycles. The van der Waals surface area contributed by atoms with Crippen LogP contribution in [0.25, 0.3) is 0 Å². The summed E-state index contributed by atoms with van der Waals surface area (Å²) in [6.45, 7) is 0.407. The van der Waals surface area contributed by atoms with Crippen LogP contribution in [-0.2, 0) is 6.61 Å². The van der Waals surface area contributed by atoms with Gasteiger partial charge in [-0.3, -0.25) is 0 Å². The largest absolute Gasteiger partial charge is 0.508 e. The molecule has 1 aliphatic rings. The molecule has 1 atom stereocenters. The summed E-state index contributed by atoms with van der Waals surface area (Å²) in [6, 6.07) is 24.4. The SMILES string of the molecule is N#CC1=C(N)Oc2cc(O)ccc2[C@@H]1c1ccccc1OCc1ccccc1. The van der Waals surface area contributed by atoms with E-state index in [9.17, 15) is 10.4 Å². The van der Waals surface area contributed by atoms with E-state index in [4.69, 9.17) is 15.2 Å². The van der Waals surface area contributed by atoms with E-state index in [0.717, 1.165) is 16.7 Å². The zero-order valence-electron chi connectivity index (χ0n) is 15.0. The summed E-state index contributed by atoms with van der Waals surface area (Å²) in [5, 5.41) is 19.5. The van der Waals surface area contributed by atoms with Crippen LogP contribution in [0.5, 0.6) is 17.2 Å². The molecule has 0 unspecified atom stereocenters. The van der Waals surface area contributed by atoms with Gasteiger partial charge in [0.25, 0.3) is 0 Å². The molecule has 0 radical (unpaired) electrons. The highest BCUT2D eigenvalue weighted by molar-refractivity contribution is 5.59. The first-order valence-electron chi connectivity index (χ1n) is 8.83. The summed E-state index contributed by atoms with van der Waals surface area (Å²) in [5.41, 5.74) is 8.93. The topological polar surface area (TPSA) is 88.5 Å². The third-order valence-corrected chi connectivity index (χ3v) is 4.67. The molecule has 0 saturated carbocycles. The normalized spacial score (nSPS) is 15.3. The molecule has 3 aromatic rings. The van der Waals surface area contributed by atoms with Gasteiger partial charge < -0.3 is 20.3 Å². The lowest BCUT2D eigenvalue weighted by Crippen LogP contribution is -2.21. The molecule has 138 valence electrons. The number of hydrogen-bond acceptors (Lipinski definition) is 5. The van der Waals surface area contributed by atoms with Crippen LogP contribution >= 0.6 is 0 Å². The molecular weight excluding hydrogens is 352 g/mol. The summed E-state index contributed by atoms with van der Waals surface area (Å²) in [7, 11) is 0. The van der Waals surface area contributed by atoms with Crippen molar-refractivity contribution in [3.63, 3.8) is 0 Å². The van der Waals surface area contributed by atoms with Crippen molar-refractivity contribution in [1.82, 2.24) is 0 Å². The van der Waals surface area contributed by atoms with Crippen LogP contribution in [0, 0.1) is 11.3 Å². The van der Waals surface area contributed by atoms with Crippen molar-refractivity contribution < 1.29 is 14.6 Å². The van der Waals surface area contributed by atoms with E-state index in [0.29, 0.717) is 23.7 Å². The number of hydrogen-bond donors (Lipinski definition) is 2. The summed E-state index contributed by atoms with van der Waals surface area (Å²) >= 11 is 0. The maximum absolute atomic E-state index is 9.79. The standard InChI is InChI=1S/C23H18N2O3/c24-13-19-22(18-11-10-16(26)12-21(18)28-23(19)25)17-8-4-5-9-20(17)27-14-15-6-2-1-3-7-15/h1-12,22,26H,14,25H2/t22-/m0/s1. The molecule has 1 aliphatic heterocycles. The number of benzene rings is 3. The van der Waals surface area contributed by atoms with Gasteiger partial charge in [0, 0.05) is 17.2 Å². The van der Waals surface area contributed by atoms with E-state index >= 15 is 0 Å². The Hall–Kier alpha value is -3.91. The van der Waals surface area contributed by atoms with Crippen molar-refractivity contribution in [2.75, 3.05) is 0 Å². The minimum Gasteiger partial charge on any atom is -0.508 e. The lowest BCUT2D eigenvalue weighted by molar-refractivity contribution is 0.301. The van der Waals surface area contributed by atoms with Gasteiger partial charge in [0.15, 0.2) is 0 Å². The van der Waals surface area contributed by atoms with Gasteiger partial charge in [-0.15, -0.1) is 0 Å². The summed E-state index contributed by atoms with van der Waals surface area (Å²) in [6.07, 6.45) is 0. The number of nitrogens with two attached hydrogens (primary N) is 1. The molecule has 28 heavy (non-hydrogen) atoms. The van der Waals surface area contributed by atoms with Gasteiger partial charge in [0.2, 0.25) is 5.88 Å². The zero-order chi connectivity index (χ0) is 19.5. The molecule has 0 amide bonds. The van der Waals surface area contributed by atoms with Crippen LogP contribution in [0.2, 0.25) is 0 Å². The zero-order valence-corrected chi connectivity index (χ0v) is 15.0. The number of phenolic OH excluding ortho intramolecular Hbond substituents is 1. The highest BCUT2D eigenvalue weighted by Gasteiger charge is 2.32. The molecule has 5 nitrogen and oxygen atoms in total. The second-order valence-corrected chi connectivity index (χ2v) is 6.46. The van der Waals surface area contributed by atoms with Gasteiger partial charge in [0.05, 0.1) is 5.92 Å². The van der Waals surface area contributed by atoms with Gasteiger partial charge in [-0.25, -0.2) is 0 Å². The fraction of sp³-hybridized carbons (Fsp3) is 0.0870. The quantitative estimate of drug-likeness (QED) is 0.719. The van der Waals surface area contributed by atoms with Gasteiger partial charge in [-0.2, -0.15) is 5.26 Å². The molecule has 5 heteroatoms. The number of para-hydroxylation sites is 1. The molecule has 0 aliphatic carbocycles. The van der Waals surface area contributed by atoms with E-state index in [2.05, 4.69) is 6.07 Å². The highest BCUT2D eigenvalue weighted by atomic mass is 16.5. The van der Waals surface area contributed by atoms with Crippen molar-refractivity contribution in [2.24, 2.45) is 5.73 Å². The lowest BCUT2D eigenvalue weighted by Gasteiger charge is -2.27. The second-order valence-electron chi connectivity index (χ2n) is 6.46. The van der Waals surface area contributed by atoms with E-state index in [1.165, 1.54) is 6.07 Å². The Morgan fingerprint density at radius 3 is 2.54 bits per heavy atom. The molecule has 1 heterocycles. The third-order valence-electron chi connectivity index (χ3n) is 4.67. The van der Waals surface area contributed by atoms with Crippen LogP contribution in [0.4, 0.5) is 0 Å². The van der Waals surface area contributed by atoms with Gasteiger partial charge >= 0.3 is 0 Å². The number of ether oxygens (including phenoxy) is 2. The summed E-state index contributed by atoms with van der Waals surface area (Å²) < 4.78 is 11.7. The minimum absolute atomic E-state index is 0.0310. The number of nitrogens with zero attached hydrogens (tertiary/aromatic N) is 1. The fourth-order valence-corrected chi connectivity index (χ4v) is 3.35. The summed E-state index contributed by atoms with van der Waals surface area (Å²) in [5.74, 6) is 0.751. The maximum Gasteiger partial charge on any atom is 0.205 e. The van der Waals surface area contributed by atoms with Crippen molar-refractivity contribution in [2.45, 2.75) is 12.5 Å². The van der Waals surface area contributed by atoms with E-state index < -0.39 is 5.92 Å². The van der Waals surface area contributed by atoms with Gasteiger partial charge in [0.1, 0.15) is 35.5 Å². The van der Waals surface area contributed by atoms with Crippen molar-refractivity contribution in [3.05, 3.63) is 101 Å². The predicted octanol–water partition coefficient (Wildman–Crippen LogP) is 4.19. The summed E-state index contributed by atoms with van der Waals surface area (Å²) in [4.78, 5) is 0. The monoisotopic (exact) mass is 370 g/mol. The molecule has 0 fully saturated rings. The van der Waals surface area contributed by atoms with Gasteiger partial charge in [-0.05, 0) is 17.7 Å². The molecule has 3 aromatic carbocycles. The molecule has 3 N–H and O–H groups in total. The number of fused-ring (bicyclic) bond motifs is 1. The predicted molar refractivity (Wildman–Crippen MR) is 105 cm³/mol. The first kappa shape index (κ1) is 17.5. The lowest BCUT2D eigenvalue weighted by atomic mass is 9.83. The second kappa shape index (κ2) is 7.37. The Labute approximate surface area is 162 Å². The van der Waals surface area contributed by atoms with Crippen LogP contribution in [0.1, 0.15) is 22.6 Å². The molecule has 0 aromatic heterocycles. The first-order valence-corrected chi connectivity index (χ1v) is 8.83. The fourth-order valence-electron chi connectivity index (χ4n) is 3.35. The third kappa shape index (κ3) is 3.24. The smallest absolute Gasteiger partial charge is 0.205 e. The number of phenols is 1. The van der Waals surface area contributed by atoms with Crippen molar-refractivity contribution >= 4 is 0 Å². The number of rotatable bonds is 4. The molecule has 4 rings (SSSR count). The Kier molecular flexibility index (Phi) is 4.61. The van der Waals surface area contributed by atoms with Crippen LogP contribution in [0.15, 0.2) is 84.3 Å². The molecular formula is C23H18N2O3. The van der Waals surface area contributed by atoms with Gasteiger partial charge in [-0.1, -0.05) is 54.6 Å². The van der Waals surface area contributed by atoms with Crippen LogP contribution < -0.4 is 15.2 Å². The van der Waals surface area contributed by atoms with Crippen molar-refractivity contribution in [1.29, 1.82) is 5.26 Å². The highest BCUT2D eigenvalue weighted by Crippen LogP contribution is 2.45. The van der Waals surface area contributed by atoms with Crippen LogP contribution in [-0.4, -0.2) is 5.11 Å². The minimum atomic E-state index is -0.443. The number of nitriles is 1. The maximum atomic E-state index is 9.79. The van der Waals surface area contributed by atoms with Crippen LogP contribution in [0.3, 0.4) is 0 Å². The average Bonchev–Trinajstić information content (AvgIpc) is 2.72. The molecule has 0 spiro atoms. The Morgan fingerprint density at radius 1 is 1.00 bits per heavy atom. The number of allylic oxidation sites excluding steroid dienone is 1. The first-order chi connectivity index (χ1) is 13.7. The van der Waals surface area contributed by atoms with E-state index in [-0.39, 0.29) is 11.6 Å². The van der Waals surface area contributed by atoms with E-state index in [1.54, 1.807) is 12.1 Å². The van der Waals surface area contributed by atoms with Crippen molar-refractivity contribution in [3.8, 4) is 23.3 Å². The molecule has 0 bridgehead atoms. The number of aromatic hydroxyl groups is 1. The Morgan fingerprint density at radius 2 is 1.75 bits per heavy atom. The van der Waals surface area contributed by atoms with E-state index in [1.807, 2.05) is 54.6 Å². The average molecular weight is 370 g/mol. The Bertz CT molecular complexity index is 1080.